The van der Waals surface area contributed by atoms with Gasteiger partial charge in [0.05, 0.1) is 4.90 Å². The van der Waals surface area contributed by atoms with Gasteiger partial charge in [0.1, 0.15) is 10.8 Å². The predicted molar refractivity (Wildman–Crippen MR) is 81.2 cm³/mol. The molecule has 2 aromatic rings. The molecule has 114 valence electrons. The van der Waals surface area contributed by atoms with Crippen LogP contribution in [0, 0.1) is 0 Å². The number of nitrogens with two attached hydrogens (primary N) is 1. The number of carboxylic acid groups (broad SMARTS) is 1. The molecule has 0 bridgehead atoms. The minimum atomic E-state index is -3.82. The zero-order chi connectivity index (χ0) is 16.0. The van der Waals surface area contributed by atoms with Crippen molar-refractivity contribution < 1.29 is 18.3 Å². The molecule has 1 aliphatic rings. The highest BCUT2D eigenvalue weighted by atomic mass is 32.2. The summed E-state index contributed by atoms with van der Waals surface area (Å²) >= 11 is 0. The maximum Gasteiger partial charge on any atom is 0.325 e. The Morgan fingerprint density at radius 2 is 1.50 bits per heavy atom. The predicted octanol–water partition coefficient (Wildman–Crippen LogP) is 1.41. The molecule has 0 heterocycles. The summed E-state index contributed by atoms with van der Waals surface area (Å²) in [6.07, 6.45) is 0. The van der Waals surface area contributed by atoms with Gasteiger partial charge in [-0.3, -0.25) is 4.79 Å². The van der Waals surface area contributed by atoms with Gasteiger partial charge >= 0.3 is 5.97 Å². The number of hydrogen-bond acceptors (Lipinski definition) is 4. The Kier molecular flexibility index (Phi) is 3.30. The molecular formula is C16H15NO4S. The Morgan fingerprint density at radius 1 is 1.00 bits per heavy atom. The van der Waals surface area contributed by atoms with E-state index in [1.54, 1.807) is 48.5 Å². The largest absolute Gasteiger partial charge is 0.480 e. The third-order valence-corrected chi connectivity index (χ3v) is 6.37. The second kappa shape index (κ2) is 4.93. The molecule has 6 heteroatoms. The molecule has 2 aromatic carbocycles. The molecule has 0 radical (unpaired) electrons. The summed E-state index contributed by atoms with van der Waals surface area (Å²) in [6, 6.07) is 16.5. The van der Waals surface area contributed by atoms with Crippen LogP contribution in [0.4, 0.5) is 0 Å². The van der Waals surface area contributed by atoms with Gasteiger partial charge in [-0.1, -0.05) is 48.5 Å². The van der Waals surface area contributed by atoms with Gasteiger partial charge in [-0.2, -0.15) is 0 Å². The maximum atomic E-state index is 12.8. The van der Waals surface area contributed by atoms with Gasteiger partial charge in [-0.25, -0.2) is 8.42 Å². The lowest BCUT2D eigenvalue weighted by molar-refractivity contribution is -0.139. The van der Waals surface area contributed by atoms with Gasteiger partial charge in [-0.15, -0.1) is 0 Å². The van der Waals surface area contributed by atoms with E-state index in [-0.39, 0.29) is 4.90 Å². The second-order valence-corrected chi connectivity index (χ2v) is 7.47. The summed E-state index contributed by atoms with van der Waals surface area (Å²) in [5.74, 6) is -2.05. The van der Waals surface area contributed by atoms with Crippen LogP contribution in [-0.2, 0) is 14.6 Å². The summed E-state index contributed by atoms with van der Waals surface area (Å²) in [5, 5.41) is 8.27. The van der Waals surface area contributed by atoms with E-state index in [1.165, 1.54) is 12.1 Å². The van der Waals surface area contributed by atoms with Crippen LogP contribution in [-0.4, -0.2) is 30.3 Å². The van der Waals surface area contributed by atoms with Gasteiger partial charge in [0.25, 0.3) is 0 Å². The van der Waals surface area contributed by atoms with Crippen molar-refractivity contribution in [3.8, 4) is 0 Å². The molecule has 5 nitrogen and oxygen atoms in total. The zero-order valence-corrected chi connectivity index (χ0v) is 12.4. The van der Waals surface area contributed by atoms with E-state index in [0.29, 0.717) is 5.56 Å². The van der Waals surface area contributed by atoms with Gasteiger partial charge in [0.2, 0.25) is 0 Å². The van der Waals surface area contributed by atoms with Crippen LogP contribution < -0.4 is 5.73 Å². The third kappa shape index (κ3) is 2.03. The Morgan fingerprint density at radius 3 is 2.00 bits per heavy atom. The first kappa shape index (κ1) is 14.7. The highest BCUT2D eigenvalue weighted by Crippen LogP contribution is 2.55. The van der Waals surface area contributed by atoms with Crippen LogP contribution in [0.15, 0.2) is 65.6 Å². The smallest absolute Gasteiger partial charge is 0.325 e. The first-order valence-electron chi connectivity index (χ1n) is 6.76. The lowest BCUT2D eigenvalue weighted by atomic mass is 10.1. The van der Waals surface area contributed by atoms with E-state index >= 15 is 0 Å². The fourth-order valence-electron chi connectivity index (χ4n) is 2.93. The van der Waals surface area contributed by atoms with Crippen molar-refractivity contribution in [1.29, 1.82) is 0 Å². The molecule has 3 atom stereocenters. The Hall–Kier alpha value is -2.18. The van der Waals surface area contributed by atoms with E-state index < -0.39 is 32.5 Å². The van der Waals surface area contributed by atoms with E-state index in [2.05, 4.69) is 0 Å². The molecular weight excluding hydrogens is 302 g/mol. The van der Waals surface area contributed by atoms with Crippen LogP contribution in [0.5, 0.6) is 0 Å². The van der Waals surface area contributed by atoms with E-state index in [0.717, 1.165) is 0 Å². The molecule has 1 aliphatic carbocycles. The molecule has 22 heavy (non-hydrogen) atoms. The maximum absolute atomic E-state index is 12.8. The summed E-state index contributed by atoms with van der Waals surface area (Å²) in [5.41, 5.74) is 4.78. The number of benzene rings is 2. The van der Waals surface area contributed by atoms with Crippen LogP contribution in [0.1, 0.15) is 11.5 Å². The molecule has 0 amide bonds. The minimum absolute atomic E-state index is 0.0921. The zero-order valence-electron chi connectivity index (χ0n) is 11.6. The lowest BCUT2D eigenvalue weighted by Gasteiger charge is -2.06. The van der Waals surface area contributed by atoms with Gasteiger partial charge < -0.3 is 10.8 Å². The van der Waals surface area contributed by atoms with E-state index in [4.69, 9.17) is 5.73 Å². The Labute approximate surface area is 128 Å². The van der Waals surface area contributed by atoms with Crippen molar-refractivity contribution >= 4 is 15.8 Å². The third-order valence-electron chi connectivity index (χ3n) is 4.11. The van der Waals surface area contributed by atoms with Crippen LogP contribution >= 0.6 is 0 Å². The molecule has 0 saturated heterocycles. The number of aliphatic carboxylic acids is 1. The number of sulfone groups is 1. The van der Waals surface area contributed by atoms with Crippen molar-refractivity contribution in [3.63, 3.8) is 0 Å². The monoisotopic (exact) mass is 317 g/mol. The second-order valence-electron chi connectivity index (χ2n) is 5.41. The highest BCUT2D eigenvalue weighted by Gasteiger charge is 2.74. The molecule has 0 unspecified atom stereocenters. The SMILES string of the molecule is N[C@]1(C(=O)O)[C@H](c2ccccc2)[C@H]1S(=O)(=O)c1ccccc1. The quantitative estimate of drug-likeness (QED) is 0.888. The molecule has 3 rings (SSSR count). The molecule has 1 saturated carbocycles. The lowest BCUT2D eigenvalue weighted by Crippen LogP contribution is -2.39. The van der Waals surface area contributed by atoms with E-state index in [1.807, 2.05) is 0 Å². The van der Waals surface area contributed by atoms with Crippen LogP contribution in [0.3, 0.4) is 0 Å². The summed E-state index contributed by atoms with van der Waals surface area (Å²) in [4.78, 5) is 11.7. The van der Waals surface area contributed by atoms with Gasteiger partial charge in [0.15, 0.2) is 9.84 Å². The molecule has 0 aliphatic heterocycles. The average molecular weight is 317 g/mol. The first-order valence-corrected chi connectivity index (χ1v) is 8.31. The Bertz CT molecular complexity index is 805. The molecule has 3 N–H and O–H groups in total. The van der Waals surface area contributed by atoms with Crippen molar-refractivity contribution in [1.82, 2.24) is 0 Å². The van der Waals surface area contributed by atoms with Crippen molar-refractivity contribution in [2.75, 3.05) is 0 Å². The number of carboxylic acids is 1. The molecule has 0 spiro atoms. The van der Waals surface area contributed by atoms with Crippen molar-refractivity contribution in [2.45, 2.75) is 21.6 Å². The minimum Gasteiger partial charge on any atom is -0.480 e. The summed E-state index contributed by atoms with van der Waals surface area (Å²) in [7, 11) is -3.82. The molecule has 1 fully saturated rings. The summed E-state index contributed by atoms with van der Waals surface area (Å²) in [6.45, 7) is 0. The number of rotatable bonds is 4. The van der Waals surface area contributed by atoms with Crippen molar-refractivity contribution in [2.24, 2.45) is 5.73 Å². The first-order chi connectivity index (χ1) is 10.4. The number of carbonyl (C=O) groups is 1. The summed E-state index contributed by atoms with van der Waals surface area (Å²) < 4.78 is 25.5. The van der Waals surface area contributed by atoms with Gasteiger partial charge in [-0.05, 0) is 17.7 Å². The highest BCUT2D eigenvalue weighted by molar-refractivity contribution is 7.92. The fraction of sp³-hybridized carbons (Fsp3) is 0.188. The van der Waals surface area contributed by atoms with Crippen molar-refractivity contribution in [3.05, 3.63) is 66.2 Å². The van der Waals surface area contributed by atoms with Crippen LogP contribution in [0.25, 0.3) is 0 Å². The standard InChI is InChI=1S/C16H15NO4S/c17-16(15(18)19)13(11-7-3-1-4-8-11)14(16)22(20,21)12-9-5-2-6-10-12/h1-10,13-14H,17H2,(H,18,19)/t13-,14-,16-/m1/s1. The molecule has 0 aromatic heterocycles. The van der Waals surface area contributed by atoms with Gasteiger partial charge in [0, 0.05) is 5.92 Å². The van der Waals surface area contributed by atoms with E-state index in [9.17, 15) is 18.3 Å². The fourth-order valence-corrected chi connectivity index (χ4v) is 5.19. The normalized spacial score (nSPS) is 27.3. The topological polar surface area (TPSA) is 97.5 Å². The van der Waals surface area contributed by atoms with Crippen LogP contribution in [0.2, 0.25) is 0 Å². The Balaban J connectivity index is 2.08. The average Bonchev–Trinajstić information content (AvgIpc) is 3.18. The number of hydrogen-bond donors (Lipinski definition) is 2.